The topological polar surface area (TPSA) is 130 Å². The molecule has 0 saturated heterocycles. The van der Waals surface area contributed by atoms with Crippen molar-refractivity contribution < 1.29 is 29.6 Å². The van der Waals surface area contributed by atoms with Crippen LogP contribution in [0, 0.1) is 11.8 Å². The van der Waals surface area contributed by atoms with Gasteiger partial charge in [-0.15, -0.1) is 0 Å². The molecular weight excluding hydrogens is 506 g/mol. The number of aliphatic hydroxyl groups is 2. The maximum absolute atomic E-state index is 11.8. The molecule has 0 fully saturated rings. The summed E-state index contributed by atoms with van der Waals surface area (Å²) in [6, 6.07) is 14.8. The molecule has 40 heavy (non-hydrogen) atoms. The Hall–Kier alpha value is -3.42. The van der Waals surface area contributed by atoms with E-state index in [1.54, 1.807) is 6.08 Å². The third-order valence-electron chi connectivity index (χ3n) is 6.29. The summed E-state index contributed by atoms with van der Waals surface area (Å²) in [6.45, 7) is 5.97. The molecule has 0 bridgehead atoms. The van der Waals surface area contributed by atoms with E-state index >= 15 is 0 Å². The third kappa shape index (κ3) is 14.7. The van der Waals surface area contributed by atoms with Crippen molar-refractivity contribution in [1.82, 2.24) is 0 Å². The van der Waals surface area contributed by atoms with Crippen LogP contribution >= 0.6 is 0 Å². The minimum Gasteiger partial charge on any atom is -0.486 e. The molecule has 2 aromatic carbocycles. The van der Waals surface area contributed by atoms with Crippen molar-refractivity contribution >= 4 is 22.5 Å². The second-order valence-electron chi connectivity index (χ2n) is 10.2. The highest BCUT2D eigenvalue weighted by Gasteiger charge is 2.12. The summed E-state index contributed by atoms with van der Waals surface area (Å²) in [7, 11) is 1.00. The first-order valence-electron chi connectivity index (χ1n) is 14.0. The second-order valence-corrected chi connectivity index (χ2v) is 10.2. The van der Waals surface area contributed by atoms with E-state index in [1.165, 1.54) is 16.3 Å². The third-order valence-corrected chi connectivity index (χ3v) is 6.29. The Bertz CT molecular complexity index is 1130. The number of carbonyl (C=O) groups excluding carboxylic acids is 1. The molecule has 0 saturated carbocycles. The van der Waals surface area contributed by atoms with Crippen LogP contribution in [-0.4, -0.2) is 46.9 Å². The number of aliphatic carboxylic acids is 1. The van der Waals surface area contributed by atoms with Crippen LogP contribution in [0.1, 0.15) is 64.9 Å². The quantitative estimate of drug-likeness (QED) is 0.226. The SMILES string of the molecule is CCC(=O)C[C@@H](/C=C/[C@@H](O)CCc1ccc2ccccc2c1)CC(C)C.CO.NC1=CCCC(OCC(=O)O)=C1. The monoisotopic (exact) mass is 553 g/mol. The molecule has 2 atom stereocenters. The zero-order valence-electron chi connectivity index (χ0n) is 24.4. The molecule has 0 aliphatic heterocycles. The van der Waals surface area contributed by atoms with Crippen LogP contribution in [0.25, 0.3) is 10.8 Å². The number of fused-ring (bicyclic) bond motifs is 1. The molecule has 220 valence electrons. The minimum atomic E-state index is -0.968. The van der Waals surface area contributed by atoms with Gasteiger partial charge >= 0.3 is 5.97 Å². The van der Waals surface area contributed by atoms with Crippen molar-refractivity contribution in [3.8, 4) is 0 Å². The lowest BCUT2D eigenvalue weighted by Crippen LogP contribution is -2.10. The molecular formula is C33H47NO6. The van der Waals surface area contributed by atoms with Gasteiger partial charge in [0.25, 0.3) is 0 Å². The normalized spacial score (nSPS) is 14.3. The summed E-state index contributed by atoms with van der Waals surface area (Å²) < 4.78 is 4.96. The number of carboxylic acids is 1. The number of benzene rings is 2. The maximum Gasteiger partial charge on any atom is 0.341 e. The molecule has 0 heterocycles. The molecule has 1 aliphatic rings. The molecule has 0 spiro atoms. The fourth-order valence-corrected chi connectivity index (χ4v) is 4.33. The predicted octanol–water partition coefficient (Wildman–Crippen LogP) is 5.94. The van der Waals surface area contributed by atoms with Crippen LogP contribution in [0.2, 0.25) is 0 Å². The molecule has 1 aliphatic carbocycles. The fraction of sp³-hybridized carbons (Fsp3) is 0.455. The number of ketones is 1. The summed E-state index contributed by atoms with van der Waals surface area (Å²) in [4.78, 5) is 21.9. The number of hydrogen-bond acceptors (Lipinski definition) is 6. The number of rotatable bonds is 13. The van der Waals surface area contributed by atoms with Crippen molar-refractivity contribution in [2.24, 2.45) is 17.6 Å². The summed E-state index contributed by atoms with van der Waals surface area (Å²) >= 11 is 0. The van der Waals surface area contributed by atoms with E-state index in [-0.39, 0.29) is 12.5 Å². The van der Waals surface area contributed by atoms with Gasteiger partial charge in [0.15, 0.2) is 6.61 Å². The number of allylic oxidation sites excluding steroid dienone is 4. The Morgan fingerprint density at radius 1 is 1.07 bits per heavy atom. The maximum atomic E-state index is 11.8. The van der Waals surface area contributed by atoms with Crippen LogP contribution in [0.4, 0.5) is 0 Å². The number of aryl methyl sites for hydroxylation is 1. The van der Waals surface area contributed by atoms with Gasteiger partial charge in [-0.1, -0.05) is 81.5 Å². The standard InChI is InChI=1S/C24H32O2.C8H11NO3.CH4O/c1-4-23(25)17-20(15-18(2)3)11-14-24(26)13-10-19-9-12-21-7-5-6-8-22(21)16-19;9-6-2-1-3-7(4-6)12-5-8(10)11;1-2/h5-9,11-12,14,16,18,20,24,26H,4,10,13,15,17H2,1-3H3;2,4H,1,3,5,9H2,(H,10,11);2H,1H3/b14-11+;;/t20-,24-;;/m0../s1. The number of aliphatic hydroxyl groups excluding tert-OH is 2. The van der Waals surface area contributed by atoms with Crippen LogP contribution in [0.15, 0.2) is 78.2 Å². The fourth-order valence-electron chi connectivity index (χ4n) is 4.33. The predicted molar refractivity (Wildman–Crippen MR) is 162 cm³/mol. The Labute approximate surface area is 239 Å². The average Bonchev–Trinajstić information content (AvgIpc) is 2.94. The van der Waals surface area contributed by atoms with Gasteiger partial charge in [0.1, 0.15) is 5.78 Å². The number of hydrogen-bond donors (Lipinski definition) is 4. The first kappa shape index (κ1) is 34.6. The molecule has 0 amide bonds. The van der Waals surface area contributed by atoms with Crippen molar-refractivity contribution in [3.05, 3.63) is 83.8 Å². The number of nitrogens with two attached hydrogens (primary N) is 1. The Morgan fingerprint density at radius 2 is 1.77 bits per heavy atom. The highest BCUT2D eigenvalue weighted by Crippen LogP contribution is 2.20. The minimum absolute atomic E-state index is 0.234. The molecule has 0 radical (unpaired) electrons. The van der Waals surface area contributed by atoms with Gasteiger partial charge in [0.05, 0.1) is 11.9 Å². The number of ether oxygens (including phenoxy) is 1. The van der Waals surface area contributed by atoms with Gasteiger partial charge in [-0.2, -0.15) is 0 Å². The number of carboxylic acid groups (broad SMARTS) is 1. The van der Waals surface area contributed by atoms with E-state index in [2.05, 4.69) is 56.3 Å². The van der Waals surface area contributed by atoms with Gasteiger partial charge < -0.3 is 25.8 Å². The van der Waals surface area contributed by atoms with Gasteiger partial charge in [-0.05, 0) is 59.9 Å². The Balaban J connectivity index is 0.000000477. The zero-order chi connectivity index (χ0) is 29.9. The van der Waals surface area contributed by atoms with Gasteiger partial charge in [-0.25, -0.2) is 4.79 Å². The molecule has 3 rings (SSSR count). The highest BCUT2D eigenvalue weighted by molar-refractivity contribution is 5.83. The zero-order valence-corrected chi connectivity index (χ0v) is 24.4. The molecule has 0 aromatic heterocycles. The van der Waals surface area contributed by atoms with E-state index in [0.29, 0.717) is 42.4 Å². The lowest BCUT2D eigenvalue weighted by Gasteiger charge is -2.15. The molecule has 2 aromatic rings. The van der Waals surface area contributed by atoms with Crippen molar-refractivity contribution in [2.75, 3.05) is 13.7 Å². The van der Waals surface area contributed by atoms with Gasteiger partial charge in [0.2, 0.25) is 0 Å². The van der Waals surface area contributed by atoms with Crippen LogP contribution < -0.4 is 5.73 Å². The van der Waals surface area contributed by atoms with E-state index in [1.807, 2.05) is 25.1 Å². The van der Waals surface area contributed by atoms with Crippen LogP contribution in [0.3, 0.4) is 0 Å². The molecule has 7 heteroatoms. The van der Waals surface area contributed by atoms with E-state index in [0.717, 1.165) is 32.8 Å². The first-order chi connectivity index (χ1) is 19.2. The van der Waals surface area contributed by atoms with Crippen molar-refractivity contribution in [2.45, 2.75) is 71.8 Å². The van der Waals surface area contributed by atoms with Crippen molar-refractivity contribution in [1.29, 1.82) is 0 Å². The summed E-state index contributed by atoms with van der Waals surface area (Å²) in [6.07, 6.45) is 12.3. The van der Waals surface area contributed by atoms with E-state index in [9.17, 15) is 14.7 Å². The van der Waals surface area contributed by atoms with Crippen molar-refractivity contribution in [3.63, 3.8) is 0 Å². The Kier molecular flexibility index (Phi) is 17.0. The molecule has 5 N–H and O–H groups in total. The lowest BCUT2D eigenvalue weighted by atomic mass is 9.91. The smallest absolute Gasteiger partial charge is 0.341 e. The first-order valence-corrected chi connectivity index (χ1v) is 14.0. The van der Waals surface area contributed by atoms with Gasteiger partial charge in [-0.3, -0.25) is 4.79 Å². The van der Waals surface area contributed by atoms with Gasteiger partial charge in [0, 0.05) is 32.1 Å². The lowest BCUT2D eigenvalue weighted by molar-refractivity contribution is -0.140. The number of Topliss-reactive ketones (excluding diaryl/α,β-unsaturated/α-hetero) is 1. The summed E-state index contributed by atoms with van der Waals surface area (Å²) in [5.74, 6) is 0.759. The van der Waals surface area contributed by atoms with E-state index in [4.69, 9.17) is 20.7 Å². The Morgan fingerprint density at radius 3 is 2.40 bits per heavy atom. The second kappa shape index (κ2) is 19.6. The molecule has 7 nitrogen and oxygen atoms in total. The summed E-state index contributed by atoms with van der Waals surface area (Å²) in [5.41, 5.74) is 7.38. The van der Waals surface area contributed by atoms with Crippen LogP contribution in [0.5, 0.6) is 0 Å². The highest BCUT2D eigenvalue weighted by atomic mass is 16.5. The average molecular weight is 554 g/mol. The number of carbonyl (C=O) groups is 2. The molecule has 0 unspecified atom stereocenters. The van der Waals surface area contributed by atoms with E-state index < -0.39 is 12.1 Å². The largest absolute Gasteiger partial charge is 0.486 e. The summed E-state index contributed by atoms with van der Waals surface area (Å²) in [5, 5.41) is 28.1. The van der Waals surface area contributed by atoms with Crippen LogP contribution in [-0.2, 0) is 20.7 Å².